The van der Waals surface area contributed by atoms with Crippen LogP contribution in [0.15, 0.2) is 6.07 Å². The highest BCUT2D eigenvalue weighted by Crippen LogP contribution is 2.03. The lowest BCUT2D eigenvalue weighted by atomic mass is 10.3. The maximum atomic E-state index is 5.52. The molecular weight excluding hydrogens is 114 g/mol. The normalized spacial score (nSPS) is 10.0. The summed E-state index contributed by atoms with van der Waals surface area (Å²) >= 11 is 0. The van der Waals surface area contributed by atoms with Crippen LogP contribution in [0.5, 0.6) is 0 Å². The van der Waals surface area contributed by atoms with Crippen LogP contribution >= 0.6 is 0 Å². The van der Waals surface area contributed by atoms with Gasteiger partial charge < -0.3 is 5.73 Å². The fraction of sp³-hybridized carbons (Fsp3) is 0.500. The third-order valence-electron chi connectivity index (χ3n) is 1.33. The van der Waals surface area contributed by atoms with Crippen molar-refractivity contribution in [2.24, 2.45) is 7.05 Å². The first-order valence-electron chi connectivity index (χ1n) is 3.02. The van der Waals surface area contributed by atoms with Gasteiger partial charge in [-0.05, 0) is 6.42 Å². The molecule has 0 atom stereocenters. The number of hydrogen-bond acceptors (Lipinski definition) is 2. The second-order valence-electron chi connectivity index (χ2n) is 2.04. The number of anilines is 1. The second kappa shape index (κ2) is 2.09. The number of nitrogen functional groups attached to an aromatic ring is 1. The van der Waals surface area contributed by atoms with Gasteiger partial charge >= 0.3 is 0 Å². The smallest absolute Gasteiger partial charge is 0.121 e. The van der Waals surface area contributed by atoms with E-state index in [1.54, 1.807) is 4.68 Å². The second-order valence-corrected chi connectivity index (χ2v) is 2.04. The molecule has 0 aromatic carbocycles. The van der Waals surface area contributed by atoms with Crippen molar-refractivity contribution in [2.45, 2.75) is 13.3 Å². The predicted octanol–water partition coefficient (Wildman–Crippen LogP) is 0.565. The van der Waals surface area contributed by atoms with E-state index in [1.165, 1.54) is 0 Å². The van der Waals surface area contributed by atoms with Crippen LogP contribution in [0.1, 0.15) is 12.6 Å². The molecule has 0 aliphatic rings. The van der Waals surface area contributed by atoms with Gasteiger partial charge in [0.2, 0.25) is 0 Å². The number of nitrogens with zero attached hydrogens (tertiary/aromatic N) is 2. The highest BCUT2D eigenvalue weighted by molar-refractivity contribution is 5.30. The molecule has 50 valence electrons. The SMILES string of the molecule is CCc1cc(N)n(C)n1. The molecule has 0 spiro atoms. The third kappa shape index (κ3) is 1.04. The van der Waals surface area contributed by atoms with E-state index in [0.717, 1.165) is 17.9 Å². The van der Waals surface area contributed by atoms with E-state index in [9.17, 15) is 0 Å². The van der Waals surface area contributed by atoms with Crippen LogP contribution in [0, 0.1) is 0 Å². The van der Waals surface area contributed by atoms with Crippen LogP contribution in [-0.4, -0.2) is 9.78 Å². The van der Waals surface area contributed by atoms with Crippen molar-refractivity contribution in [3.05, 3.63) is 11.8 Å². The largest absolute Gasteiger partial charge is 0.384 e. The van der Waals surface area contributed by atoms with E-state index in [1.807, 2.05) is 13.1 Å². The van der Waals surface area contributed by atoms with Gasteiger partial charge in [-0.2, -0.15) is 5.10 Å². The average Bonchev–Trinajstić information content (AvgIpc) is 2.13. The van der Waals surface area contributed by atoms with Crippen LogP contribution in [0.25, 0.3) is 0 Å². The minimum Gasteiger partial charge on any atom is -0.384 e. The number of hydrogen-bond donors (Lipinski definition) is 1. The zero-order valence-electron chi connectivity index (χ0n) is 5.76. The van der Waals surface area contributed by atoms with Gasteiger partial charge in [-0.15, -0.1) is 0 Å². The molecule has 1 rings (SSSR count). The predicted molar refractivity (Wildman–Crippen MR) is 37.0 cm³/mol. The Balaban J connectivity index is 2.98. The summed E-state index contributed by atoms with van der Waals surface area (Å²) in [5, 5.41) is 4.12. The molecule has 3 heteroatoms. The molecule has 0 saturated carbocycles. The lowest BCUT2D eigenvalue weighted by Gasteiger charge is -1.88. The molecule has 2 N–H and O–H groups in total. The summed E-state index contributed by atoms with van der Waals surface area (Å²) in [6.07, 6.45) is 0.949. The minimum atomic E-state index is 0.729. The van der Waals surface area contributed by atoms with Crippen molar-refractivity contribution >= 4 is 5.82 Å². The Bertz CT molecular complexity index is 183. The lowest BCUT2D eigenvalue weighted by Crippen LogP contribution is -1.96. The highest BCUT2D eigenvalue weighted by Gasteiger charge is 1.96. The summed E-state index contributed by atoms with van der Waals surface area (Å²) in [6.45, 7) is 2.06. The minimum absolute atomic E-state index is 0.729. The monoisotopic (exact) mass is 125 g/mol. The maximum Gasteiger partial charge on any atom is 0.121 e. The summed E-state index contributed by atoms with van der Waals surface area (Å²) in [7, 11) is 1.84. The molecule has 1 aromatic heterocycles. The van der Waals surface area contributed by atoms with Crippen LogP contribution in [0.2, 0.25) is 0 Å². The lowest BCUT2D eigenvalue weighted by molar-refractivity contribution is 0.755. The molecule has 0 aliphatic heterocycles. The summed E-state index contributed by atoms with van der Waals surface area (Å²) in [5.41, 5.74) is 6.57. The Morgan fingerprint density at radius 1 is 1.78 bits per heavy atom. The molecule has 0 fully saturated rings. The molecule has 0 amide bonds. The first-order valence-corrected chi connectivity index (χ1v) is 3.02. The number of aromatic nitrogens is 2. The van der Waals surface area contributed by atoms with Gasteiger partial charge in [0.25, 0.3) is 0 Å². The van der Waals surface area contributed by atoms with Crippen LogP contribution in [0.4, 0.5) is 5.82 Å². The van der Waals surface area contributed by atoms with Gasteiger partial charge in [-0.25, -0.2) is 0 Å². The Hall–Kier alpha value is -0.990. The van der Waals surface area contributed by atoms with Crippen molar-refractivity contribution in [3.8, 4) is 0 Å². The van der Waals surface area contributed by atoms with Gasteiger partial charge in [-0.1, -0.05) is 6.92 Å². The van der Waals surface area contributed by atoms with E-state index in [2.05, 4.69) is 12.0 Å². The fourth-order valence-electron chi connectivity index (χ4n) is 0.716. The molecule has 0 saturated heterocycles. The van der Waals surface area contributed by atoms with E-state index in [4.69, 9.17) is 5.73 Å². The quantitative estimate of drug-likeness (QED) is 0.596. The number of aryl methyl sites for hydroxylation is 2. The van der Waals surface area contributed by atoms with Crippen molar-refractivity contribution in [1.82, 2.24) is 9.78 Å². The molecule has 1 aromatic rings. The van der Waals surface area contributed by atoms with Gasteiger partial charge in [0.05, 0.1) is 5.69 Å². The number of nitrogens with two attached hydrogens (primary N) is 1. The zero-order valence-corrected chi connectivity index (χ0v) is 5.76. The van der Waals surface area contributed by atoms with Crippen molar-refractivity contribution < 1.29 is 0 Å². The summed E-state index contributed by atoms with van der Waals surface area (Å²) < 4.78 is 1.68. The van der Waals surface area contributed by atoms with Crippen molar-refractivity contribution in [3.63, 3.8) is 0 Å². The van der Waals surface area contributed by atoms with Crippen LogP contribution in [0.3, 0.4) is 0 Å². The van der Waals surface area contributed by atoms with Crippen molar-refractivity contribution in [1.29, 1.82) is 0 Å². The Morgan fingerprint density at radius 3 is 2.67 bits per heavy atom. The van der Waals surface area contributed by atoms with E-state index in [0.29, 0.717) is 0 Å². The van der Waals surface area contributed by atoms with Gasteiger partial charge in [0.15, 0.2) is 0 Å². The highest BCUT2D eigenvalue weighted by atomic mass is 15.3. The molecule has 0 radical (unpaired) electrons. The Morgan fingerprint density at radius 2 is 2.44 bits per heavy atom. The molecule has 1 heterocycles. The summed E-state index contributed by atoms with van der Waals surface area (Å²) in [6, 6.07) is 1.89. The standard InChI is InChI=1S/C6H11N3/c1-3-5-4-6(7)9(2)8-5/h4H,3,7H2,1-2H3. The molecule has 0 bridgehead atoms. The number of rotatable bonds is 1. The molecular formula is C6H11N3. The fourth-order valence-corrected chi connectivity index (χ4v) is 0.716. The molecule has 9 heavy (non-hydrogen) atoms. The van der Waals surface area contributed by atoms with Crippen LogP contribution in [-0.2, 0) is 13.5 Å². The Kier molecular flexibility index (Phi) is 1.42. The first-order chi connectivity index (χ1) is 4.24. The average molecular weight is 125 g/mol. The maximum absolute atomic E-state index is 5.52. The van der Waals surface area contributed by atoms with E-state index >= 15 is 0 Å². The molecule has 0 unspecified atom stereocenters. The zero-order chi connectivity index (χ0) is 6.85. The topological polar surface area (TPSA) is 43.8 Å². The molecule has 3 nitrogen and oxygen atoms in total. The van der Waals surface area contributed by atoms with Crippen LogP contribution < -0.4 is 5.73 Å². The van der Waals surface area contributed by atoms with Crippen molar-refractivity contribution in [2.75, 3.05) is 5.73 Å². The van der Waals surface area contributed by atoms with Gasteiger partial charge in [0.1, 0.15) is 5.82 Å². The van der Waals surface area contributed by atoms with E-state index < -0.39 is 0 Å². The van der Waals surface area contributed by atoms with Gasteiger partial charge in [-0.3, -0.25) is 4.68 Å². The summed E-state index contributed by atoms with van der Waals surface area (Å²) in [4.78, 5) is 0. The first kappa shape index (κ1) is 6.13. The Labute approximate surface area is 54.5 Å². The van der Waals surface area contributed by atoms with E-state index in [-0.39, 0.29) is 0 Å². The van der Waals surface area contributed by atoms with Gasteiger partial charge in [0, 0.05) is 13.1 Å². The molecule has 0 aliphatic carbocycles. The third-order valence-corrected chi connectivity index (χ3v) is 1.33. The summed E-state index contributed by atoms with van der Waals surface area (Å²) in [5.74, 6) is 0.729.